The summed E-state index contributed by atoms with van der Waals surface area (Å²) in [6.45, 7) is 0. The van der Waals surface area contributed by atoms with E-state index in [-0.39, 0.29) is 28.3 Å². The number of hydrogen-bond donors (Lipinski definition) is 1. The maximum atomic E-state index is 12.4. The number of rotatable bonds is 8. The lowest BCUT2D eigenvalue weighted by Gasteiger charge is -2.12. The summed E-state index contributed by atoms with van der Waals surface area (Å²) in [5.41, 5.74) is 0.894. The van der Waals surface area contributed by atoms with Gasteiger partial charge in [0.2, 0.25) is 10.0 Å². The lowest BCUT2D eigenvalue weighted by atomic mass is 10.1. The monoisotopic (exact) mass is 411 g/mol. The van der Waals surface area contributed by atoms with Crippen LogP contribution < -0.4 is 9.83 Å². The van der Waals surface area contributed by atoms with Crippen molar-refractivity contribution in [2.24, 2.45) is 0 Å². The van der Waals surface area contributed by atoms with E-state index in [9.17, 15) is 26.7 Å². The number of sulfonamides is 2. The maximum absolute atomic E-state index is 12.4. The van der Waals surface area contributed by atoms with Gasteiger partial charge in [-0.25, -0.2) is 21.1 Å². The number of aliphatic carboxylic acids is 1. The van der Waals surface area contributed by atoms with E-state index in [1.54, 1.807) is 0 Å². The van der Waals surface area contributed by atoms with Gasteiger partial charge in [0.05, 0.1) is 9.79 Å². The average molecular weight is 411 g/mol. The molecular formula is C17H19N2O6S2-. The molecule has 27 heavy (non-hydrogen) atoms. The van der Waals surface area contributed by atoms with Crippen LogP contribution in [0.5, 0.6) is 0 Å². The number of carboxylic acids is 1. The van der Waals surface area contributed by atoms with Gasteiger partial charge < -0.3 is 9.90 Å². The summed E-state index contributed by atoms with van der Waals surface area (Å²) in [4.78, 5) is 10.5. The molecule has 0 amide bonds. The van der Waals surface area contributed by atoms with Crippen molar-refractivity contribution in [2.45, 2.75) is 22.6 Å². The van der Waals surface area contributed by atoms with Gasteiger partial charge >= 0.3 is 0 Å². The van der Waals surface area contributed by atoms with Crippen LogP contribution in [0.15, 0.2) is 58.3 Å². The Bertz CT molecular complexity index is 1010. The molecule has 0 unspecified atom stereocenters. The zero-order chi connectivity index (χ0) is 20.2. The molecule has 0 bridgehead atoms. The number of carboxylic acid groups (broad SMARTS) is 1. The molecule has 2 aromatic carbocycles. The van der Waals surface area contributed by atoms with E-state index in [0.29, 0.717) is 5.56 Å². The van der Waals surface area contributed by atoms with Gasteiger partial charge in [-0.05, 0) is 54.8 Å². The van der Waals surface area contributed by atoms with Crippen molar-refractivity contribution in [1.29, 1.82) is 0 Å². The minimum Gasteiger partial charge on any atom is -0.550 e. The van der Waals surface area contributed by atoms with Crippen LogP contribution in [-0.4, -0.2) is 41.2 Å². The number of anilines is 1. The summed E-state index contributed by atoms with van der Waals surface area (Å²) in [7, 11) is -4.65. The zero-order valence-corrected chi connectivity index (χ0v) is 16.4. The largest absolute Gasteiger partial charge is 0.550 e. The zero-order valence-electron chi connectivity index (χ0n) is 14.7. The third kappa shape index (κ3) is 5.28. The summed E-state index contributed by atoms with van der Waals surface area (Å²) in [5.74, 6) is -1.17. The Morgan fingerprint density at radius 1 is 0.926 bits per heavy atom. The average Bonchev–Trinajstić information content (AvgIpc) is 2.60. The highest BCUT2D eigenvalue weighted by molar-refractivity contribution is 7.92. The molecule has 0 fully saturated rings. The highest BCUT2D eigenvalue weighted by Gasteiger charge is 2.18. The molecule has 1 N–H and O–H groups in total. The van der Waals surface area contributed by atoms with Gasteiger partial charge in [-0.3, -0.25) is 4.72 Å². The molecule has 0 aromatic heterocycles. The fourth-order valence-electron chi connectivity index (χ4n) is 2.20. The number of carbonyl (C=O) groups is 1. The van der Waals surface area contributed by atoms with Crippen molar-refractivity contribution in [3.63, 3.8) is 0 Å². The lowest BCUT2D eigenvalue weighted by Crippen LogP contribution is -2.22. The van der Waals surface area contributed by atoms with Gasteiger partial charge in [0.15, 0.2) is 0 Å². The third-order valence-electron chi connectivity index (χ3n) is 3.74. The van der Waals surface area contributed by atoms with Crippen LogP contribution >= 0.6 is 0 Å². The number of nitrogens with one attached hydrogen (secondary N) is 1. The van der Waals surface area contributed by atoms with E-state index in [1.165, 1.54) is 62.6 Å². The quantitative estimate of drug-likeness (QED) is 0.671. The molecule has 0 radical (unpaired) electrons. The van der Waals surface area contributed by atoms with Crippen LogP contribution in [0, 0.1) is 0 Å². The highest BCUT2D eigenvalue weighted by atomic mass is 32.2. The second-order valence-electron chi connectivity index (χ2n) is 5.93. The first-order valence-electron chi connectivity index (χ1n) is 7.86. The fourth-order valence-corrected chi connectivity index (χ4v) is 4.16. The van der Waals surface area contributed by atoms with Crippen molar-refractivity contribution in [1.82, 2.24) is 4.31 Å². The summed E-state index contributed by atoms with van der Waals surface area (Å²) >= 11 is 0. The van der Waals surface area contributed by atoms with Gasteiger partial charge in [-0.2, -0.15) is 0 Å². The van der Waals surface area contributed by atoms with E-state index < -0.39 is 26.0 Å². The van der Waals surface area contributed by atoms with Gasteiger partial charge in [-0.1, -0.05) is 12.1 Å². The molecule has 0 aliphatic rings. The molecule has 0 spiro atoms. The fraction of sp³-hybridized carbons (Fsp3) is 0.235. The number of benzene rings is 2. The first-order valence-corrected chi connectivity index (χ1v) is 10.8. The summed E-state index contributed by atoms with van der Waals surface area (Å²) in [6.07, 6.45) is 0.102. The SMILES string of the molecule is CN(C)S(=O)(=O)c1ccc(NS(=O)(=O)c2ccc(CCC(=O)[O-])cc2)cc1. The molecule has 8 nitrogen and oxygen atoms in total. The van der Waals surface area contributed by atoms with Crippen molar-refractivity contribution >= 4 is 31.7 Å². The van der Waals surface area contributed by atoms with Crippen LogP contribution in [0.1, 0.15) is 12.0 Å². The molecule has 0 aliphatic carbocycles. The third-order valence-corrected chi connectivity index (χ3v) is 6.96. The van der Waals surface area contributed by atoms with E-state index in [2.05, 4.69) is 4.72 Å². The van der Waals surface area contributed by atoms with Crippen LogP contribution in [0.3, 0.4) is 0 Å². The van der Waals surface area contributed by atoms with Crippen LogP contribution in [0.4, 0.5) is 5.69 Å². The lowest BCUT2D eigenvalue weighted by molar-refractivity contribution is -0.305. The predicted molar refractivity (Wildman–Crippen MR) is 97.9 cm³/mol. The first kappa shape index (κ1) is 20.9. The first-order chi connectivity index (χ1) is 12.5. The van der Waals surface area contributed by atoms with Crippen LogP contribution in [0.2, 0.25) is 0 Å². The number of aryl methyl sites for hydroxylation is 1. The van der Waals surface area contributed by atoms with E-state index in [1.807, 2.05) is 0 Å². The van der Waals surface area contributed by atoms with Crippen molar-refractivity contribution < 1.29 is 26.7 Å². The molecule has 2 rings (SSSR count). The number of hydrogen-bond acceptors (Lipinski definition) is 6. The van der Waals surface area contributed by atoms with Crippen molar-refractivity contribution in [2.75, 3.05) is 18.8 Å². The Morgan fingerprint density at radius 2 is 1.44 bits per heavy atom. The van der Waals surface area contributed by atoms with Crippen LogP contribution in [0.25, 0.3) is 0 Å². The highest BCUT2D eigenvalue weighted by Crippen LogP contribution is 2.20. The van der Waals surface area contributed by atoms with Crippen molar-refractivity contribution in [3.05, 3.63) is 54.1 Å². The molecular weight excluding hydrogens is 392 g/mol. The second kappa shape index (κ2) is 8.07. The summed E-state index contributed by atoms with van der Waals surface area (Å²) in [6, 6.07) is 11.2. The van der Waals surface area contributed by atoms with Crippen LogP contribution in [-0.2, 0) is 31.3 Å². The molecule has 0 saturated carbocycles. The van der Waals surface area contributed by atoms with Gasteiger partial charge in [0, 0.05) is 25.8 Å². The molecule has 0 saturated heterocycles. The van der Waals surface area contributed by atoms with E-state index in [0.717, 1.165) is 4.31 Å². The number of nitrogens with zero attached hydrogens (tertiary/aromatic N) is 1. The minimum absolute atomic E-state index is 0.00434. The van der Waals surface area contributed by atoms with Gasteiger partial charge in [0.25, 0.3) is 10.0 Å². The normalized spacial score (nSPS) is 12.1. The Balaban J connectivity index is 2.15. The minimum atomic E-state index is -3.86. The molecule has 10 heteroatoms. The molecule has 0 heterocycles. The van der Waals surface area contributed by atoms with E-state index in [4.69, 9.17) is 0 Å². The number of carbonyl (C=O) groups excluding carboxylic acids is 1. The Morgan fingerprint density at radius 3 is 1.93 bits per heavy atom. The van der Waals surface area contributed by atoms with Crippen molar-refractivity contribution in [3.8, 4) is 0 Å². The standard InChI is InChI=1S/C17H20N2O6S2/c1-19(2)27(24,25)16-10-6-14(7-11-16)18-26(22,23)15-8-3-13(4-9-15)5-12-17(20)21/h3-4,6-11,18H,5,12H2,1-2H3,(H,20,21)/p-1. The molecule has 146 valence electrons. The van der Waals surface area contributed by atoms with Gasteiger partial charge in [-0.15, -0.1) is 0 Å². The molecule has 2 aromatic rings. The summed E-state index contributed by atoms with van der Waals surface area (Å²) in [5, 5.41) is 10.5. The molecule has 0 atom stereocenters. The molecule has 0 aliphatic heterocycles. The maximum Gasteiger partial charge on any atom is 0.261 e. The van der Waals surface area contributed by atoms with E-state index >= 15 is 0 Å². The topological polar surface area (TPSA) is 124 Å². The Hall–Kier alpha value is -2.43. The predicted octanol–water partition coefficient (Wildman–Crippen LogP) is 0.420. The summed E-state index contributed by atoms with van der Waals surface area (Å²) < 4.78 is 52.3. The Kier molecular flexibility index (Phi) is 6.24. The Labute approximate surface area is 158 Å². The second-order valence-corrected chi connectivity index (χ2v) is 9.77. The smallest absolute Gasteiger partial charge is 0.261 e. The van der Waals surface area contributed by atoms with Gasteiger partial charge in [0.1, 0.15) is 0 Å².